The molecule has 0 bridgehead atoms. The lowest BCUT2D eigenvalue weighted by atomic mass is 9.89. The molecule has 1 fully saturated rings. The topological polar surface area (TPSA) is 18.5 Å². The average molecular weight is 298 g/mol. The summed E-state index contributed by atoms with van der Waals surface area (Å²) >= 11 is 0. The van der Waals surface area contributed by atoms with Crippen molar-refractivity contribution in [1.29, 1.82) is 0 Å². The molecule has 0 aliphatic carbocycles. The van der Waals surface area contributed by atoms with Gasteiger partial charge in [-0.05, 0) is 45.6 Å². The van der Waals surface area contributed by atoms with Crippen molar-refractivity contribution >= 4 is 13.2 Å². The number of allylic oxidation sites excluding steroid dienone is 2. The lowest BCUT2D eigenvalue weighted by Crippen LogP contribution is -2.41. The molecule has 1 aromatic rings. The van der Waals surface area contributed by atoms with E-state index in [1.165, 1.54) is 5.56 Å². The van der Waals surface area contributed by atoms with Gasteiger partial charge in [0.2, 0.25) is 0 Å². The lowest BCUT2D eigenvalue weighted by molar-refractivity contribution is 0.00578. The molecule has 3 heteroatoms. The van der Waals surface area contributed by atoms with Gasteiger partial charge in [0.05, 0.1) is 11.2 Å². The highest BCUT2D eigenvalue weighted by Crippen LogP contribution is 2.36. The number of hydrogen-bond acceptors (Lipinski definition) is 2. The van der Waals surface area contributed by atoms with Gasteiger partial charge in [0.1, 0.15) is 0 Å². The van der Waals surface area contributed by atoms with Crippen molar-refractivity contribution in [3.8, 4) is 0 Å². The van der Waals surface area contributed by atoms with Crippen LogP contribution in [-0.2, 0) is 9.31 Å². The van der Waals surface area contributed by atoms with Gasteiger partial charge in [-0.2, -0.15) is 0 Å². The Morgan fingerprint density at radius 2 is 1.64 bits per heavy atom. The lowest BCUT2D eigenvalue weighted by Gasteiger charge is -2.32. The number of hydrogen-bond donors (Lipinski definition) is 0. The maximum absolute atomic E-state index is 5.95. The van der Waals surface area contributed by atoms with E-state index in [4.69, 9.17) is 9.31 Å². The molecule has 118 valence electrons. The van der Waals surface area contributed by atoms with Gasteiger partial charge in [0, 0.05) is 0 Å². The van der Waals surface area contributed by atoms with Crippen LogP contribution in [0.4, 0.5) is 0 Å². The maximum atomic E-state index is 5.95. The molecule has 1 unspecified atom stereocenters. The van der Waals surface area contributed by atoms with Crippen LogP contribution >= 0.6 is 0 Å². The molecular formula is C19H27BO2. The second kappa shape index (κ2) is 6.85. The van der Waals surface area contributed by atoms with Crippen LogP contribution in [0.15, 0.2) is 48.5 Å². The fourth-order valence-corrected chi connectivity index (χ4v) is 2.29. The summed E-state index contributed by atoms with van der Waals surface area (Å²) in [5.74, 6) is 2.52. The van der Waals surface area contributed by atoms with E-state index in [9.17, 15) is 0 Å². The highest BCUT2D eigenvalue weighted by Gasteiger charge is 2.49. The quantitative estimate of drug-likeness (QED) is 0.719. The van der Waals surface area contributed by atoms with Gasteiger partial charge in [0.25, 0.3) is 0 Å². The van der Waals surface area contributed by atoms with E-state index < -0.39 is 0 Å². The zero-order valence-electron chi connectivity index (χ0n) is 14.4. The smallest absolute Gasteiger partial charge is 0.400 e. The average Bonchev–Trinajstić information content (AvgIpc) is 2.65. The molecular weight excluding hydrogens is 271 g/mol. The summed E-state index contributed by atoms with van der Waals surface area (Å²) in [7, 11) is -0.240. The predicted molar refractivity (Wildman–Crippen MR) is 94.5 cm³/mol. The normalized spacial score (nSPS) is 21.8. The fourth-order valence-electron chi connectivity index (χ4n) is 2.29. The van der Waals surface area contributed by atoms with Crippen molar-refractivity contribution in [3.05, 3.63) is 54.0 Å². The minimum Gasteiger partial charge on any atom is -0.400 e. The first-order valence-corrected chi connectivity index (χ1v) is 8.06. The van der Waals surface area contributed by atoms with Crippen LogP contribution in [-0.4, -0.2) is 18.3 Å². The van der Waals surface area contributed by atoms with E-state index in [-0.39, 0.29) is 18.3 Å². The van der Waals surface area contributed by atoms with Crippen molar-refractivity contribution in [1.82, 2.24) is 0 Å². The Kier molecular flexibility index (Phi) is 5.30. The van der Waals surface area contributed by atoms with E-state index in [0.29, 0.717) is 5.92 Å². The molecule has 1 saturated heterocycles. The van der Waals surface area contributed by atoms with Gasteiger partial charge in [-0.15, -0.1) is 0 Å². The largest absolute Gasteiger partial charge is 0.486 e. The van der Waals surface area contributed by atoms with Crippen LogP contribution in [0.2, 0.25) is 0 Å². The molecule has 1 heterocycles. The zero-order chi connectivity index (χ0) is 16.2. The van der Waals surface area contributed by atoms with Crippen molar-refractivity contribution in [2.24, 2.45) is 5.92 Å². The summed E-state index contributed by atoms with van der Waals surface area (Å²) < 4.78 is 11.9. The minimum atomic E-state index is -0.263. The van der Waals surface area contributed by atoms with Crippen LogP contribution in [0.3, 0.4) is 0 Å². The SMILES string of the molecule is CC(/C=C/c1ccccc1)C/C=C/B1OC(C)(C)C(C)(C)O1. The Bertz CT molecular complexity index is 516. The third-order valence-electron chi connectivity index (χ3n) is 4.49. The van der Waals surface area contributed by atoms with Crippen molar-refractivity contribution in [3.63, 3.8) is 0 Å². The molecule has 1 atom stereocenters. The van der Waals surface area contributed by atoms with E-state index in [1.807, 2.05) is 12.0 Å². The van der Waals surface area contributed by atoms with Gasteiger partial charge in [-0.25, -0.2) is 0 Å². The van der Waals surface area contributed by atoms with Crippen molar-refractivity contribution in [2.75, 3.05) is 0 Å². The summed E-state index contributed by atoms with van der Waals surface area (Å²) in [5.41, 5.74) is 0.714. The monoisotopic (exact) mass is 298 g/mol. The second-order valence-corrected chi connectivity index (χ2v) is 7.04. The third-order valence-corrected chi connectivity index (χ3v) is 4.49. The highest BCUT2D eigenvalue weighted by molar-refractivity contribution is 6.51. The van der Waals surface area contributed by atoms with E-state index in [2.05, 4.69) is 77.1 Å². The van der Waals surface area contributed by atoms with Crippen LogP contribution in [0.5, 0.6) is 0 Å². The first-order valence-electron chi connectivity index (χ1n) is 8.06. The Morgan fingerprint density at radius 3 is 2.23 bits per heavy atom. The van der Waals surface area contributed by atoms with E-state index in [1.54, 1.807) is 0 Å². The third kappa shape index (κ3) is 4.34. The van der Waals surface area contributed by atoms with Crippen LogP contribution < -0.4 is 0 Å². The number of rotatable bonds is 5. The summed E-state index contributed by atoms with van der Waals surface area (Å²) in [4.78, 5) is 0. The van der Waals surface area contributed by atoms with Crippen LogP contribution in [0.25, 0.3) is 6.08 Å². The zero-order valence-corrected chi connectivity index (χ0v) is 14.4. The van der Waals surface area contributed by atoms with Crippen LogP contribution in [0, 0.1) is 5.92 Å². The summed E-state index contributed by atoms with van der Waals surface area (Å²) in [6.07, 6.45) is 7.55. The molecule has 0 saturated carbocycles. The molecule has 1 aliphatic heterocycles. The minimum absolute atomic E-state index is 0.240. The molecule has 2 rings (SSSR count). The Morgan fingerprint density at radius 1 is 1.05 bits per heavy atom. The Hall–Kier alpha value is -1.32. The molecule has 1 aromatic carbocycles. The van der Waals surface area contributed by atoms with Gasteiger partial charge in [-0.1, -0.05) is 61.5 Å². The maximum Gasteiger partial charge on any atom is 0.486 e. The van der Waals surface area contributed by atoms with Crippen molar-refractivity contribution in [2.45, 2.75) is 52.2 Å². The predicted octanol–water partition coefficient (Wildman–Crippen LogP) is 4.91. The first kappa shape index (κ1) is 17.0. The molecule has 0 amide bonds. The molecule has 0 N–H and O–H groups in total. The molecule has 22 heavy (non-hydrogen) atoms. The summed E-state index contributed by atoms with van der Waals surface area (Å²) in [5, 5.41) is 0. The standard InChI is InChI=1S/C19H27BO2/c1-16(13-14-17-11-7-6-8-12-17)10-9-15-20-21-18(2,3)19(4,5)22-20/h6-9,11-16H,10H2,1-5H3/b14-13+,15-9+. The summed E-state index contributed by atoms with van der Waals surface area (Å²) in [6.45, 7) is 10.5. The molecule has 0 radical (unpaired) electrons. The van der Waals surface area contributed by atoms with Gasteiger partial charge in [0.15, 0.2) is 0 Å². The summed E-state index contributed by atoms with van der Waals surface area (Å²) in [6, 6.07) is 10.4. The first-order chi connectivity index (χ1) is 10.3. The Balaban J connectivity index is 1.82. The highest BCUT2D eigenvalue weighted by atomic mass is 16.7. The van der Waals surface area contributed by atoms with Crippen LogP contribution in [0.1, 0.15) is 46.6 Å². The van der Waals surface area contributed by atoms with Crippen molar-refractivity contribution < 1.29 is 9.31 Å². The molecule has 2 nitrogen and oxygen atoms in total. The van der Waals surface area contributed by atoms with Gasteiger partial charge < -0.3 is 9.31 Å². The van der Waals surface area contributed by atoms with Gasteiger partial charge in [-0.3, -0.25) is 0 Å². The molecule has 0 aromatic heterocycles. The fraction of sp³-hybridized carbons (Fsp3) is 0.474. The Labute approximate surface area is 135 Å². The molecule has 0 spiro atoms. The van der Waals surface area contributed by atoms with E-state index in [0.717, 1.165) is 6.42 Å². The van der Waals surface area contributed by atoms with E-state index >= 15 is 0 Å². The number of benzene rings is 1. The molecule has 1 aliphatic rings. The second-order valence-electron chi connectivity index (χ2n) is 7.04. The van der Waals surface area contributed by atoms with Gasteiger partial charge >= 0.3 is 7.12 Å².